The second-order valence-electron chi connectivity index (χ2n) is 6.03. The quantitative estimate of drug-likeness (QED) is 0.747. The molecule has 0 saturated carbocycles. The van der Waals surface area contributed by atoms with Crippen LogP contribution in [0.25, 0.3) is 0 Å². The number of carbonyl (C=O) groups excluding carboxylic acids is 1. The Kier molecular flexibility index (Phi) is 4.25. The predicted octanol–water partition coefficient (Wildman–Crippen LogP) is 0.0932. The van der Waals surface area contributed by atoms with Crippen molar-refractivity contribution in [3.05, 3.63) is 0 Å². The van der Waals surface area contributed by atoms with Gasteiger partial charge in [-0.15, -0.1) is 0 Å². The highest BCUT2D eigenvalue weighted by Crippen LogP contribution is 2.21. The molecule has 0 spiro atoms. The van der Waals surface area contributed by atoms with Gasteiger partial charge in [-0.2, -0.15) is 0 Å². The van der Waals surface area contributed by atoms with Gasteiger partial charge in [0.1, 0.15) is 0 Å². The van der Waals surface area contributed by atoms with Crippen molar-refractivity contribution < 1.29 is 9.53 Å². The normalized spacial score (nSPS) is 32.5. The molecule has 104 valence electrons. The molecule has 0 radical (unpaired) electrons. The highest BCUT2D eigenvalue weighted by Gasteiger charge is 2.39. The van der Waals surface area contributed by atoms with Crippen LogP contribution < -0.4 is 11.1 Å². The summed E-state index contributed by atoms with van der Waals surface area (Å²) < 4.78 is 5.68. The van der Waals surface area contributed by atoms with E-state index in [1.807, 2.05) is 0 Å². The number of amides is 1. The third kappa shape index (κ3) is 3.22. The van der Waals surface area contributed by atoms with Gasteiger partial charge < -0.3 is 15.8 Å². The maximum atomic E-state index is 12.1. The number of hydrogen-bond acceptors (Lipinski definition) is 4. The molecule has 2 rings (SSSR count). The molecule has 2 atom stereocenters. The van der Waals surface area contributed by atoms with Gasteiger partial charge in [-0.25, -0.2) is 0 Å². The van der Waals surface area contributed by atoms with Crippen LogP contribution in [0.4, 0.5) is 0 Å². The third-order valence-electron chi connectivity index (χ3n) is 3.71. The van der Waals surface area contributed by atoms with Crippen LogP contribution in [-0.4, -0.2) is 54.7 Å². The fraction of sp³-hybridized carbons (Fsp3) is 0.923. The second-order valence-corrected chi connectivity index (χ2v) is 6.03. The Morgan fingerprint density at radius 1 is 1.56 bits per heavy atom. The Morgan fingerprint density at radius 2 is 2.33 bits per heavy atom. The molecule has 2 unspecified atom stereocenters. The lowest BCUT2D eigenvalue weighted by Crippen LogP contribution is -2.65. The van der Waals surface area contributed by atoms with Crippen molar-refractivity contribution >= 4 is 5.91 Å². The maximum absolute atomic E-state index is 12.1. The van der Waals surface area contributed by atoms with E-state index in [-0.39, 0.29) is 23.6 Å². The first kappa shape index (κ1) is 13.8. The SMILES string of the molecule is CC1(C)CN(CC2CCCO2)C(CCN)C(=O)N1. The summed E-state index contributed by atoms with van der Waals surface area (Å²) in [5.41, 5.74) is 5.46. The largest absolute Gasteiger partial charge is 0.377 e. The van der Waals surface area contributed by atoms with Crippen LogP contribution in [0.2, 0.25) is 0 Å². The van der Waals surface area contributed by atoms with Crippen LogP contribution in [0.5, 0.6) is 0 Å². The highest BCUT2D eigenvalue weighted by atomic mass is 16.5. The molecule has 2 aliphatic heterocycles. The minimum atomic E-state index is -0.166. The summed E-state index contributed by atoms with van der Waals surface area (Å²) in [7, 11) is 0. The van der Waals surface area contributed by atoms with E-state index >= 15 is 0 Å². The molecule has 0 aromatic rings. The zero-order chi connectivity index (χ0) is 13.2. The van der Waals surface area contributed by atoms with Crippen LogP contribution >= 0.6 is 0 Å². The Hall–Kier alpha value is -0.650. The van der Waals surface area contributed by atoms with E-state index in [0.29, 0.717) is 13.0 Å². The number of hydrogen-bond donors (Lipinski definition) is 2. The lowest BCUT2D eigenvalue weighted by Gasteiger charge is -2.44. The lowest BCUT2D eigenvalue weighted by molar-refractivity contribution is -0.134. The Labute approximate surface area is 109 Å². The van der Waals surface area contributed by atoms with Gasteiger partial charge >= 0.3 is 0 Å². The molecule has 0 bridgehead atoms. The molecule has 0 aromatic heterocycles. The van der Waals surface area contributed by atoms with E-state index in [0.717, 1.165) is 32.5 Å². The molecule has 1 amide bonds. The van der Waals surface area contributed by atoms with Gasteiger partial charge in [-0.05, 0) is 39.7 Å². The van der Waals surface area contributed by atoms with Crippen LogP contribution in [0.15, 0.2) is 0 Å². The van der Waals surface area contributed by atoms with E-state index in [9.17, 15) is 4.79 Å². The van der Waals surface area contributed by atoms with Crippen molar-refractivity contribution in [1.82, 2.24) is 10.2 Å². The van der Waals surface area contributed by atoms with Crippen molar-refractivity contribution in [2.45, 2.75) is 50.8 Å². The van der Waals surface area contributed by atoms with E-state index in [4.69, 9.17) is 10.5 Å². The van der Waals surface area contributed by atoms with Gasteiger partial charge in [-0.3, -0.25) is 9.69 Å². The minimum Gasteiger partial charge on any atom is -0.377 e. The topological polar surface area (TPSA) is 67.6 Å². The number of nitrogens with one attached hydrogen (secondary N) is 1. The zero-order valence-corrected chi connectivity index (χ0v) is 11.4. The van der Waals surface area contributed by atoms with Crippen molar-refractivity contribution in [1.29, 1.82) is 0 Å². The number of rotatable bonds is 4. The Morgan fingerprint density at radius 3 is 2.94 bits per heavy atom. The molecular formula is C13H25N3O2. The zero-order valence-electron chi connectivity index (χ0n) is 11.4. The molecule has 5 nitrogen and oxygen atoms in total. The number of nitrogens with two attached hydrogens (primary N) is 1. The van der Waals surface area contributed by atoms with E-state index in [1.54, 1.807) is 0 Å². The molecular weight excluding hydrogens is 230 g/mol. The summed E-state index contributed by atoms with van der Waals surface area (Å²) >= 11 is 0. The smallest absolute Gasteiger partial charge is 0.237 e. The molecule has 2 heterocycles. The first-order valence-corrected chi connectivity index (χ1v) is 6.89. The van der Waals surface area contributed by atoms with Crippen molar-refractivity contribution in [3.8, 4) is 0 Å². The molecule has 0 aromatic carbocycles. The molecule has 3 N–H and O–H groups in total. The van der Waals surface area contributed by atoms with Crippen LogP contribution in [0.3, 0.4) is 0 Å². The van der Waals surface area contributed by atoms with E-state index in [1.165, 1.54) is 0 Å². The number of carbonyl (C=O) groups is 1. The molecule has 18 heavy (non-hydrogen) atoms. The van der Waals surface area contributed by atoms with Gasteiger partial charge in [0.05, 0.1) is 12.1 Å². The summed E-state index contributed by atoms with van der Waals surface area (Å²) in [6.45, 7) is 7.24. The molecule has 2 saturated heterocycles. The van der Waals surface area contributed by atoms with Crippen molar-refractivity contribution in [3.63, 3.8) is 0 Å². The first-order chi connectivity index (χ1) is 8.52. The van der Waals surface area contributed by atoms with Crippen molar-refractivity contribution in [2.75, 3.05) is 26.2 Å². The second kappa shape index (κ2) is 5.55. The Bertz CT molecular complexity index is 301. The summed E-state index contributed by atoms with van der Waals surface area (Å²) in [4.78, 5) is 14.4. The summed E-state index contributed by atoms with van der Waals surface area (Å²) in [6, 6.07) is -0.0905. The average molecular weight is 255 g/mol. The van der Waals surface area contributed by atoms with E-state index in [2.05, 4.69) is 24.1 Å². The molecule has 2 aliphatic rings. The van der Waals surface area contributed by atoms with Crippen LogP contribution in [0, 0.1) is 0 Å². The minimum absolute atomic E-state index is 0.0905. The molecule has 0 aliphatic carbocycles. The monoisotopic (exact) mass is 255 g/mol. The highest BCUT2D eigenvalue weighted by molar-refractivity contribution is 5.83. The Balaban J connectivity index is 2.03. The number of piperazine rings is 1. The van der Waals surface area contributed by atoms with Crippen LogP contribution in [-0.2, 0) is 9.53 Å². The third-order valence-corrected chi connectivity index (χ3v) is 3.71. The van der Waals surface area contributed by atoms with E-state index < -0.39 is 0 Å². The van der Waals surface area contributed by atoms with Gasteiger partial charge in [0.15, 0.2) is 0 Å². The average Bonchev–Trinajstić information content (AvgIpc) is 2.75. The predicted molar refractivity (Wildman–Crippen MR) is 70.2 cm³/mol. The number of ether oxygens (including phenoxy) is 1. The van der Waals surface area contributed by atoms with Crippen LogP contribution in [0.1, 0.15) is 33.1 Å². The van der Waals surface area contributed by atoms with Gasteiger partial charge in [0, 0.05) is 25.2 Å². The fourth-order valence-electron chi connectivity index (χ4n) is 2.95. The summed E-state index contributed by atoms with van der Waals surface area (Å²) in [6.07, 6.45) is 3.24. The fourth-order valence-corrected chi connectivity index (χ4v) is 2.95. The molecule has 2 fully saturated rings. The van der Waals surface area contributed by atoms with Gasteiger partial charge in [-0.1, -0.05) is 0 Å². The summed E-state index contributed by atoms with van der Waals surface area (Å²) in [5, 5.41) is 3.07. The lowest BCUT2D eigenvalue weighted by atomic mass is 9.96. The van der Waals surface area contributed by atoms with Gasteiger partial charge in [0.2, 0.25) is 5.91 Å². The summed E-state index contributed by atoms with van der Waals surface area (Å²) in [5.74, 6) is 0.106. The standard InChI is InChI=1S/C13H25N3O2/c1-13(2)9-16(8-10-4-3-7-18-10)11(5-6-14)12(17)15-13/h10-11H,3-9,14H2,1-2H3,(H,15,17). The molecule has 5 heteroatoms. The first-order valence-electron chi connectivity index (χ1n) is 6.89. The van der Waals surface area contributed by atoms with Crippen molar-refractivity contribution in [2.24, 2.45) is 5.73 Å². The van der Waals surface area contributed by atoms with Gasteiger partial charge in [0.25, 0.3) is 0 Å². The maximum Gasteiger partial charge on any atom is 0.237 e. The number of nitrogens with zero attached hydrogens (tertiary/aromatic N) is 1.